The first-order valence-corrected chi connectivity index (χ1v) is 7.50. The molecule has 112 valence electrons. The van der Waals surface area contributed by atoms with E-state index < -0.39 is 0 Å². The van der Waals surface area contributed by atoms with Gasteiger partial charge in [0.2, 0.25) is 0 Å². The maximum absolute atomic E-state index is 12.4. The van der Waals surface area contributed by atoms with Gasteiger partial charge >= 0.3 is 0 Å². The smallest absolute Gasteiger partial charge is 0.289 e. The summed E-state index contributed by atoms with van der Waals surface area (Å²) in [5, 5.41) is 8.11. The highest BCUT2D eigenvalue weighted by Gasteiger charge is 2.30. The lowest BCUT2D eigenvalue weighted by Gasteiger charge is -2.23. The third kappa shape index (κ3) is 2.84. The predicted molar refractivity (Wildman–Crippen MR) is 76.8 cm³/mol. The van der Waals surface area contributed by atoms with Crippen molar-refractivity contribution in [2.75, 3.05) is 6.54 Å². The molecule has 1 aliphatic heterocycles. The Balaban J connectivity index is 1.63. The molecule has 21 heavy (non-hydrogen) atoms. The summed E-state index contributed by atoms with van der Waals surface area (Å²) < 4.78 is 7.27. The second-order valence-electron chi connectivity index (χ2n) is 5.34. The van der Waals surface area contributed by atoms with Gasteiger partial charge in [0.25, 0.3) is 5.91 Å². The molecule has 0 aliphatic carbocycles. The summed E-state index contributed by atoms with van der Waals surface area (Å²) >= 11 is 0. The van der Waals surface area contributed by atoms with E-state index in [4.69, 9.17) is 4.42 Å². The molecule has 1 aliphatic rings. The monoisotopic (exact) mass is 288 g/mol. The molecule has 0 N–H and O–H groups in total. The fourth-order valence-corrected chi connectivity index (χ4v) is 2.98. The van der Waals surface area contributed by atoms with Gasteiger partial charge in [0.1, 0.15) is 12.2 Å². The molecule has 0 spiro atoms. The van der Waals surface area contributed by atoms with E-state index in [0.29, 0.717) is 5.76 Å². The van der Waals surface area contributed by atoms with E-state index in [2.05, 4.69) is 17.1 Å². The molecule has 0 bridgehead atoms. The fourth-order valence-electron chi connectivity index (χ4n) is 2.98. The first-order chi connectivity index (χ1) is 10.3. The topological polar surface area (TPSA) is 64.2 Å². The Labute approximate surface area is 123 Å². The Kier molecular flexibility index (Phi) is 4.03. The Bertz CT molecular complexity index is 591. The van der Waals surface area contributed by atoms with Crippen LogP contribution in [0.3, 0.4) is 0 Å². The molecule has 3 heterocycles. The zero-order valence-electron chi connectivity index (χ0n) is 12.2. The molecule has 2 aromatic rings. The molecule has 0 aromatic carbocycles. The highest BCUT2D eigenvalue weighted by molar-refractivity contribution is 5.91. The van der Waals surface area contributed by atoms with Crippen LogP contribution in [0, 0.1) is 0 Å². The highest BCUT2D eigenvalue weighted by Crippen LogP contribution is 2.23. The Morgan fingerprint density at radius 3 is 3.19 bits per heavy atom. The van der Waals surface area contributed by atoms with Gasteiger partial charge in [0, 0.05) is 25.6 Å². The van der Waals surface area contributed by atoms with Crippen LogP contribution in [-0.2, 0) is 13.0 Å². The first-order valence-electron chi connectivity index (χ1n) is 7.50. The largest absolute Gasteiger partial charge is 0.459 e. The number of aromatic nitrogens is 3. The molecule has 3 rings (SSSR count). The van der Waals surface area contributed by atoms with Crippen molar-refractivity contribution in [1.82, 2.24) is 19.7 Å². The van der Waals surface area contributed by atoms with Crippen LogP contribution < -0.4 is 0 Å². The van der Waals surface area contributed by atoms with Crippen LogP contribution in [0.1, 0.15) is 42.6 Å². The number of hydrogen-bond acceptors (Lipinski definition) is 4. The molecule has 2 aromatic heterocycles. The summed E-state index contributed by atoms with van der Waals surface area (Å²) in [6.45, 7) is 3.77. The average Bonchev–Trinajstić information content (AvgIpc) is 3.23. The molecule has 1 unspecified atom stereocenters. The van der Waals surface area contributed by atoms with Gasteiger partial charge in [-0.2, -0.15) is 0 Å². The van der Waals surface area contributed by atoms with E-state index in [9.17, 15) is 4.79 Å². The zero-order chi connectivity index (χ0) is 14.7. The lowest BCUT2D eigenvalue weighted by atomic mass is 10.1. The van der Waals surface area contributed by atoms with Crippen LogP contribution in [0.4, 0.5) is 0 Å². The van der Waals surface area contributed by atoms with E-state index in [1.807, 2.05) is 9.47 Å². The molecule has 1 amide bonds. The molecule has 6 nitrogen and oxygen atoms in total. The van der Waals surface area contributed by atoms with Crippen molar-refractivity contribution in [2.45, 2.75) is 45.2 Å². The SMILES string of the molecule is CCn1cnnc1CCC1CCCN1C(=O)c1ccco1. The Hall–Kier alpha value is -2.11. The van der Waals surface area contributed by atoms with Gasteiger partial charge < -0.3 is 13.9 Å². The van der Waals surface area contributed by atoms with Crippen LogP contribution in [0.15, 0.2) is 29.1 Å². The molecule has 0 radical (unpaired) electrons. The number of carbonyl (C=O) groups is 1. The third-order valence-electron chi connectivity index (χ3n) is 4.11. The maximum atomic E-state index is 12.4. The van der Waals surface area contributed by atoms with Crippen molar-refractivity contribution in [3.05, 3.63) is 36.3 Å². The number of furan rings is 1. The van der Waals surface area contributed by atoms with E-state index >= 15 is 0 Å². The summed E-state index contributed by atoms with van der Waals surface area (Å²) in [5.41, 5.74) is 0. The summed E-state index contributed by atoms with van der Waals surface area (Å²) in [7, 11) is 0. The van der Waals surface area contributed by atoms with Gasteiger partial charge in [-0.1, -0.05) is 0 Å². The zero-order valence-corrected chi connectivity index (χ0v) is 12.2. The number of amides is 1. The fraction of sp³-hybridized carbons (Fsp3) is 0.533. The van der Waals surface area contributed by atoms with Crippen molar-refractivity contribution in [2.24, 2.45) is 0 Å². The van der Waals surface area contributed by atoms with Gasteiger partial charge in [0.15, 0.2) is 5.76 Å². The number of likely N-dealkylation sites (tertiary alicyclic amines) is 1. The van der Waals surface area contributed by atoms with Crippen molar-refractivity contribution >= 4 is 5.91 Å². The molecule has 1 fully saturated rings. The number of rotatable bonds is 5. The number of hydrogen-bond donors (Lipinski definition) is 0. The van der Waals surface area contributed by atoms with Gasteiger partial charge in [0.05, 0.1) is 6.26 Å². The van der Waals surface area contributed by atoms with Crippen LogP contribution in [0.25, 0.3) is 0 Å². The van der Waals surface area contributed by atoms with E-state index in [1.54, 1.807) is 24.7 Å². The lowest BCUT2D eigenvalue weighted by Crippen LogP contribution is -2.35. The van der Waals surface area contributed by atoms with Crippen LogP contribution in [0.2, 0.25) is 0 Å². The molecular formula is C15H20N4O2. The average molecular weight is 288 g/mol. The second kappa shape index (κ2) is 6.11. The highest BCUT2D eigenvalue weighted by atomic mass is 16.3. The number of carbonyl (C=O) groups excluding carboxylic acids is 1. The lowest BCUT2D eigenvalue weighted by molar-refractivity contribution is 0.0698. The standard InChI is InChI=1S/C15H20N4O2/c1-2-18-11-16-17-14(18)8-7-12-5-3-9-19(12)15(20)13-6-4-10-21-13/h4,6,10-12H,2-3,5,7-9H2,1H3. The van der Waals surface area contributed by atoms with Crippen molar-refractivity contribution in [3.63, 3.8) is 0 Å². The van der Waals surface area contributed by atoms with Crippen LogP contribution in [-0.4, -0.2) is 38.2 Å². The third-order valence-corrected chi connectivity index (χ3v) is 4.11. The van der Waals surface area contributed by atoms with Crippen molar-refractivity contribution in [1.29, 1.82) is 0 Å². The molecule has 0 saturated carbocycles. The minimum absolute atomic E-state index is 0.000502. The normalized spacial score (nSPS) is 18.3. The van der Waals surface area contributed by atoms with E-state index in [0.717, 1.165) is 44.6 Å². The molecular weight excluding hydrogens is 268 g/mol. The summed E-state index contributed by atoms with van der Waals surface area (Å²) in [6.07, 6.45) is 7.17. The van der Waals surface area contributed by atoms with Gasteiger partial charge in [-0.05, 0) is 38.3 Å². The predicted octanol–water partition coefficient (Wildman–Crippen LogP) is 2.13. The maximum Gasteiger partial charge on any atom is 0.289 e. The van der Waals surface area contributed by atoms with Crippen molar-refractivity contribution in [3.8, 4) is 0 Å². The van der Waals surface area contributed by atoms with E-state index in [1.165, 1.54) is 0 Å². The van der Waals surface area contributed by atoms with Gasteiger partial charge in [-0.25, -0.2) is 0 Å². The summed E-state index contributed by atoms with van der Waals surface area (Å²) in [5.74, 6) is 1.42. The minimum atomic E-state index is -0.000502. The molecule has 6 heteroatoms. The summed E-state index contributed by atoms with van der Waals surface area (Å²) in [4.78, 5) is 14.3. The summed E-state index contributed by atoms with van der Waals surface area (Å²) in [6, 6.07) is 3.75. The molecule has 1 atom stereocenters. The van der Waals surface area contributed by atoms with Crippen LogP contribution in [0.5, 0.6) is 0 Å². The Morgan fingerprint density at radius 2 is 2.43 bits per heavy atom. The first kappa shape index (κ1) is 13.9. The Morgan fingerprint density at radius 1 is 1.52 bits per heavy atom. The number of nitrogens with zero attached hydrogens (tertiary/aromatic N) is 4. The van der Waals surface area contributed by atoms with Crippen molar-refractivity contribution < 1.29 is 9.21 Å². The van der Waals surface area contributed by atoms with Gasteiger partial charge in [-0.15, -0.1) is 10.2 Å². The van der Waals surface area contributed by atoms with E-state index in [-0.39, 0.29) is 11.9 Å². The minimum Gasteiger partial charge on any atom is -0.459 e. The second-order valence-corrected chi connectivity index (χ2v) is 5.34. The number of aryl methyl sites for hydroxylation is 2. The molecule has 1 saturated heterocycles. The quantitative estimate of drug-likeness (QED) is 0.845. The van der Waals surface area contributed by atoms with Crippen LogP contribution >= 0.6 is 0 Å². The van der Waals surface area contributed by atoms with Gasteiger partial charge in [-0.3, -0.25) is 4.79 Å².